The number of hydrogen-bond donors (Lipinski definition) is 2. The van der Waals surface area contributed by atoms with E-state index >= 15 is 0 Å². The van der Waals surface area contributed by atoms with Crippen LogP contribution in [0.2, 0.25) is 0 Å². The number of amides is 1. The van der Waals surface area contributed by atoms with Crippen LogP contribution < -0.4 is 10.1 Å². The molecule has 2 rings (SSSR count). The van der Waals surface area contributed by atoms with Crippen LogP contribution in [-0.4, -0.2) is 30.1 Å². The third-order valence-electron chi connectivity index (χ3n) is 3.92. The van der Waals surface area contributed by atoms with Gasteiger partial charge in [-0.2, -0.15) is 0 Å². The van der Waals surface area contributed by atoms with E-state index in [1.54, 1.807) is 0 Å². The number of nitrogens with one attached hydrogen (secondary N) is 1. The summed E-state index contributed by atoms with van der Waals surface area (Å²) >= 11 is 0. The fraction of sp³-hybridized carbons (Fsp3) is 0.500. The van der Waals surface area contributed by atoms with Gasteiger partial charge in [-0.05, 0) is 31.4 Å². The molecule has 0 aliphatic heterocycles. The maximum atomic E-state index is 11.9. The number of benzene rings is 1. The molecule has 5 nitrogen and oxygen atoms in total. The molecule has 1 fully saturated rings. The molecule has 0 aromatic heterocycles. The first-order valence-electron chi connectivity index (χ1n) is 7.22. The lowest BCUT2D eigenvalue weighted by atomic mass is 10.1. The molecule has 0 radical (unpaired) electrons. The number of carbonyl (C=O) groups excluding carboxylic acids is 1. The summed E-state index contributed by atoms with van der Waals surface area (Å²) in [6, 6.07) is 9.45. The van der Waals surface area contributed by atoms with E-state index in [0.29, 0.717) is 25.9 Å². The molecule has 1 saturated carbocycles. The van der Waals surface area contributed by atoms with Gasteiger partial charge in [-0.25, -0.2) is 0 Å². The normalized spacial score (nSPS) is 16.8. The van der Waals surface area contributed by atoms with Gasteiger partial charge in [-0.15, -0.1) is 0 Å². The summed E-state index contributed by atoms with van der Waals surface area (Å²) in [5.74, 6) is -0.340. The van der Waals surface area contributed by atoms with Crippen molar-refractivity contribution < 1.29 is 19.4 Å². The highest BCUT2D eigenvalue weighted by Gasteiger charge is 2.50. The molecule has 0 spiro atoms. The number of ether oxygens (including phenoxy) is 1. The number of para-hydroxylation sites is 1. The van der Waals surface area contributed by atoms with Gasteiger partial charge in [-0.1, -0.05) is 25.1 Å². The first-order valence-corrected chi connectivity index (χ1v) is 7.22. The summed E-state index contributed by atoms with van der Waals surface area (Å²) in [5.41, 5.74) is -0.712. The van der Waals surface area contributed by atoms with Gasteiger partial charge in [0.25, 0.3) is 0 Å². The Labute approximate surface area is 124 Å². The highest BCUT2D eigenvalue weighted by atomic mass is 16.5. The number of carboxylic acids is 1. The summed E-state index contributed by atoms with van der Waals surface area (Å²) in [6.45, 7) is 2.51. The van der Waals surface area contributed by atoms with Gasteiger partial charge in [0.1, 0.15) is 5.75 Å². The zero-order valence-corrected chi connectivity index (χ0v) is 12.2. The molecule has 1 aliphatic carbocycles. The molecule has 0 heterocycles. The third kappa shape index (κ3) is 4.21. The van der Waals surface area contributed by atoms with Crippen LogP contribution in [0.15, 0.2) is 30.3 Å². The van der Waals surface area contributed by atoms with Crippen molar-refractivity contribution in [1.29, 1.82) is 0 Å². The summed E-state index contributed by atoms with van der Waals surface area (Å²) in [7, 11) is 0. The number of carbonyl (C=O) groups is 2. The van der Waals surface area contributed by atoms with Crippen molar-refractivity contribution in [1.82, 2.24) is 5.32 Å². The Hall–Kier alpha value is -2.04. The Morgan fingerprint density at radius 3 is 2.57 bits per heavy atom. The summed E-state index contributed by atoms with van der Waals surface area (Å²) < 4.78 is 5.55. The molecule has 0 bridgehead atoms. The monoisotopic (exact) mass is 291 g/mol. The fourth-order valence-corrected chi connectivity index (χ4v) is 2.05. The van der Waals surface area contributed by atoms with E-state index < -0.39 is 11.4 Å². The van der Waals surface area contributed by atoms with Crippen LogP contribution in [0.25, 0.3) is 0 Å². The average molecular weight is 291 g/mol. The molecule has 1 aromatic carbocycles. The third-order valence-corrected chi connectivity index (χ3v) is 3.92. The van der Waals surface area contributed by atoms with Gasteiger partial charge in [0.05, 0.1) is 12.0 Å². The molecule has 1 aromatic rings. The molecule has 0 saturated heterocycles. The Balaban J connectivity index is 1.67. The second-order valence-corrected chi connectivity index (χ2v) is 5.65. The van der Waals surface area contributed by atoms with Gasteiger partial charge in [0.15, 0.2) is 0 Å². The molecule has 1 atom stereocenters. The number of rotatable bonds is 8. The Morgan fingerprint density at radius 2 is 2.00 bits per heavy atom. The van der Waals surface area contributed by atoms with Crippen molar-refractivity contribution in [2.45, 2.75) is 26.2 Å². The largest absolute Gasteiger partial charge is 0.494 e. The first kappa shape index (κ1) is 15.4. The molecule has 1 unspecified atom stereocenters. The summed E-state index contributed by atoms with van der Waals surface area (Å²) in [4.78, 5) is 22.9. The lowest BCUT2D eigenvalue weighted by Crippen LogP contribution is -2.37. The molecule has 2 N–H and O–H groups in total. The second kappa shape index (κ2) is 6.61. The predicted octanol–water partition coefficient (Wildman–Crippen LogP) is 2.07. The fourth-order valence-electron chi connectivity index (χ4n) is 2.05. The average Bonchev–Trinajstić information content (AvgIpc) is 3.27. The van der Waals surface area contributed by atoms with E-state index in [1.807, 2.05) is 37.3 Å². The van der Waals surface area contributed by atoms with Crippen molar-refractivity contribution in [3.05, 3.63) is 30.3 Å². The number of aliphatic carboxylic acids is 1. The predicted molar refractivity (Wildman–Crippen MR) is 78.0 cm³/mol. The Bertz CT molecular complexity index is 496. The zero-order chi connectivity index (χ0) is 15.3. The van der Waals surface area contributed by atoms with E-state index in [9.17, 15) is 9.59 Å². The van der Waals surface area contributed by atoms with Crippen LogP contribution >= 0.6 is 0 Å². The van der Waals surface area contributed by atoms with Crippen LogP contribution in [0, 0.1) is 11.3 Å². The molecule has 1 amide bonds. The van der Waals surface area contributed by atoms with Crippen LogP contribution in [0.5, 0.6) is 5.75 Å². The number of carboxylic acid groups (broad SMARTS) is 1. The van der Waals surface area contributed by atoms with Crippen molar-refractivity contribution >= 4 is 11.9 Å². The van der Waals surface area contributed by atoms with Gasteiger partial charge < -0.3 is 15.2 Å². The van der Waals surface area contributed by atoms with Gasteiger partial charge in [0.2, 0.25) is 5.91 Å². The minimum Gasteiger partial charge on any atom is -0.494 e. The quantitative estimate of drug-likeness (QED) is 0.769. The highest BCUT2D eigenvalue weighted by molar-refractivity contribution is 5.81. The molecule has 1 aliphatic rings. The molecule has 21 heavy (non-hydrogen) atoms. The molecule has 114 valence electrons. The first-order chi connectivity index (χ1) is 10.0. The van der Waals surface area contributed by atoms with Crippen LogP contribution in [0.1, 0.15) is 26.2 Å². The minimum atomic E-state index is -0.817. The lowest BCUT2D eigenvalue weighted by Gasteiger charge is -2.15. The molecule has 5 heteroatoms. The van der Waals surface area contributed by atoms with Crippen LogP contribution in [0.3, 0.4) is 0 Å². The zero-order valence-electron chi connectivity index (χ0n) is 12.2. The van der Waals surface area contributed by atoms with E-state index in [4.69, 9.17) is 9.84 Å². The van der Waals surface area contributed by atoms with E-state index in [-0.39, 0.29) is 18.4 Å². The smallest absolute Gasteiger partial charge is 0.311 e. The summed E-state index contributed by atoms with van der Waals surface area (Å²) in [5, 5.41) is 11.8. The van der Waals surface area contributed by atoms with Crippen molar-refractivity contribution in [2.75, 3.05) is 13.2 Å². The maximum absolute atomic E-state index is 11.9. The van der Waals surface area contributed by atoms with Crippen molar-refractivity contribution in [2.24, 2.45) is 11.3 Å². The van der Waals surface area contributed by atoms with Crippen molar-refractivity contribution in [3.63, 3.8) is 0 Å². The van der Waals surface area contributed by atoms with Crippen molar-refractivity contribution in [3.8, 4) is 5.75 Å². The van der Waals surface area contributed by atoms with E-state index in [1.165, 1.54) is 0 Å². The molecular weight excluding hydrogens is 270 g/mol. The van der Waals surface area contributed by atoms with Gasteiger partial charge >= 0.3 is 5.97 Å². The number of hydrogen-bond acceptors (Lipinski definition) is 3. The standard InChI is InChI=1S/C16H21NO4/c1-12(7-10-21-13-5-3-2-4-6-13)14(18)17-11-16(8-9-16)15(19)20/h2-6,12H,7-11H2,1H3,(H,17,18)(H,19,20). The lowest BCUT2D eigenvalue weighted by molar-refractivity contribution is -0.143. The van der Waals surface area contributed by atoms with Gasteiger partial charge in [-0.3, -0.25) is 9.59 Å². The Morgan fingerprint density at radius 1 is 1.33 bits per heavy atom. The second-order valence-electron chi connectivity index (χ2n) is 5.65. The molecular formula is C16H21NO4. The van der Waals surface area contributed by atoms with Gasteiger partial charge in [0, 0.05) is 12.5 Å². The van der Waals surface area contributed by atoms with E-state index in [2.05, 4.69) is 5.32 Å². The SMILES string of the molecule is CC(CCOc1ccccc1)C(=O)NCC1(C(=O)O)CC1. The highest BCUT2D eigenvalue weighted by Crippen LogP contribution is 2.45. The minimum absolute atomic E-state index is 0.112. The van der Waals surface area contributed by atoms with E-state index in [0.717, 1.165) is 5.75 Å². The van der Waals surface area contributed by atoms with Crippen LogP contribution in [-0.2, 0) is 9.59 Å². The maximum Gasteiger partial charge on any atom is 0.311 e. The van der Waals surface area contributed by atoms with Crippen LogP contribution in [0.4, 0.5) is 0 Å². The Kier molecular flexibility index (Phi) is 4.83. The topological polar surface area (TPSA) is 75.6 Å². The summed E-state index contributed by atoms with van der Waals surface area (Å²) in [6.07, 6.45) is 1.89.